The number of rotatable bonds is 9. The molecule has 0 unspecified atom stereocenters. The van der Waals surface area contributed by atoms with Crippen LogP contribution in [-0.4, -0.2) is 56.9 Å². The maximum absolute atomic E-state index is 12.1. The summed E-state index contributed by atoms with van der Waals surface area (Å²) in [6, 6.07) is 0.289. The summed E-state index contributed by atoms with van der Waals surface area (Å²) in [5.74, 6) is -0.157. The van der Waals surface area contributed by atoms with E-state index < -0.39 is 0 Å². The van der Waals surface area contributed by atoms with Crippen molar-refractivity contribution >= 4 is 23.6 Å². The zero-order chi connectivity index (χ0) is 16.8. The monoisotopic (exact) mass is 341 g/mol. The average Bonchev–Trinajstić information content (AvgIpc) is 3.25. The highest BCUT2D eigenvalue weighted by atomic mass is 32.2. The van der Waals surface area contributed by atoms with E-state index in [9.17, 15) is 14.4 Å². The zero-order valence-corrected chi connectivity index (χ0v) is 14.3. The van der Waals surface area contributed by atoms with Crippen LogP contribution >= 0.6 is 11.8 Å². The molecule has 1 aromatic rings. The molecule has 0 saturated heterocycles. The minimum Gasteiger partial charge on any atom is -0.352 e. The van der Waals surface area contributed by atoms with Crippen LogP contribution in [0.5, 0.6) is 0 Å². The number of nitrogens with zero attached hydrogens (tertiary/aromatic N) is 3. The summed E-state index contributed by atoms with van der Waals surface area (Å²) < 4.78 is 1.54. The Bertz CT molecular complexity index is 608. The third-order valence-corrected chi connectivity index (χ3v) is 4.49. The molecule has 1 aliphatic carbocycles. The van der Waals surface area contributed by atoms with Gasteiger partial charge in [0.15, 0.2) is 5.16 Å². The van der Waals surface area contributed by atoms with Crippen LogP contribution in [0.4, 0.5) is 0 Å². The Kier molecular flexibility index (Phi) is 6.26. The van der Waals surface area contributed by atoms with Crippen LogP contribution in [0.25, 0.3) is 0 Å². The second kappa shape index (κ2) is 8.19. The van der Waals surface area contributed by atoms with Gasteiger partial charge in [-0.1, -0.05) is 25.1 Å². The lowest BCUT2D eigenvalue weighted by molar-refractivity contribution is -0.132. The number of nitrogens with one attached hydrogen (secondary N) is 2. The molecule has 1 fully saturated rings. The van der Waals surface area contributed by atoms with Crippen molar-refractivity contribution in [2.75, 3.05) is 19.3 Å². The summed E-state index contributed by atoms with van der Waals surface area (Å²) in [5.41, 5.74) is -0.259. The predicted molar refractivity (Wildman–Crippen MR) is 87.3 cm³/mol. The van der Waals surface area contributed by atoms with Gasteiger partial charge in [0.2, 0.25) is 11.8 Å². The van der Waals surface area contributed by atoms with Gasteiger partial charge in [-0.15, -0.1) is 5.10 Å². The van der Waals surface area contributed by atoms with Gasteiger partial charge >= 0.3 is 5.69 Å². The van der Waals surface area contributed by atoms with E-state index in [0.29, 0.717) is 11.7 Å². The molecule has 128 valence electrons. The number of hydrogen-bond donors (Lipinski definition) is 2. The SMILES string of the molecule is CCCCn1c(SCC(=O)N(C)CC(=O)NC2CC2)n[nH]c1=O. The van der Waals surface area contributed by atoms with E-state index in [4.69, 9.17) is 0 Å². The first kappa shape index (κ1) is 17.6. The van der Waals surface area contributed by atoms with E-state index in [1.54, 1.807) is 11.6 Å². The lowest BCUT2D eigenvalue weighted by Gasteiger charge is -2.16. The number of aromatic amines is 1. The molecule has 0 spiro atoms. The first-order chi connectivity index (χ1) is 11.0. The first-order valence-corrected chi connectivity index (χ1v) is 8.81. The molecule has 0 atom stereocenters. The lowest BCUT2D eigenvalue weighted by atomic mass is 10.3. The smallest absolute Gasteiger partial charge is 0.343 e. The van der Waals surface area contributed by atoms with Crippen molar-refractivity contribution in [3.63, 3.8) is 0 Å². The van der Waals surface area contributed by atoms with Gasteiger partial charge < -0.3 is 10.2 Å². The van der Waals surface area contributed by atoms with Crippen molar-refractivity contribution in [1.29, 1.82) is 0 Å². The second-order valence-electron chi connectivity index (χ2n) is 5.70. The van der Waals surface area contributed by atoms with Crippen LogP contribution in [0, 0.1) is 0 Å². The number of unbranched alkanes of at least 4 members (excludes halogenated alkanes) is 1. The van der Waals surface area contributed by atoms with E-state index in [0.717, 1.165) is 25.7 Å². The van der Waals surface area contributed by atoms with Crippen LogP contribution in [0.2, 0.25) is 0 Å². The summed E-state index contributed by atoms with van der Waals surface area (Å²) in [5, 5.41) is 9.71. The van der Waals surface area contributed by atoms with Gasteiger partial charge in [-0.3, -0.25) is 14.2 Å². The van der Waals surface area contributed by atoms with E-state index >= 15 is 0 Å². The Morgan fingerprint density at radius 3 is 2.87 bits per heavy atom. The fourth-order valence-electron chi connectivity index (χ4n) is 1.97. The van der Waals surface area contributed by atoms with Crippen LogP contribution in [-0.2, 0) is 16.1 Å². The van der Waals surface area contributed by atoms with Crippen LogP contribution in [0.1, 0.15) is 32.6 Å². The van der Waals surface area contributed by atoms with Gasteiger partial charge in [-0.2, -0.15) is 0 Å². The highest BCUT2D eigenvalue weighted by molar-refractivity contribution is 7.99. The van der Waals surface area contributed by atoms with Crippen LogP contribution in [0.15, 0.2) is 9.95 Å². The molecule has 1 heterocycles. The van der Waals surface area contributed by atoms with Crippen molar-refractivity contribution in [3.05, 3.63) is 10.5 Å². The summed E-state index contributed by atoms with van der Waals surface area (Å²) in [6.07, 6.45) is 3.89. The number of aromatic nitrogens is 3. The lowest BCUT2D eigenvalue weighted by Crippen LogP contribution is -2.39. The molecule has 2 N–H and O–H groups in total. The molecular formula is C14H23N5O3S. The van der Waals surface area contributed by atoms with Crippen molar-refractivity contribution in [3.8, 4) is 0 Å². The third kappa shape index (κ3) is 5.42. The Morgan fingerprint density at radius 1 is 1.48 bits per heavy atom. The number of hydrogen-bond acceptors (Lipinski definition) is 5. The normalized spacial score (nSPS) is 13.8. The largest absolute Gasteiger partial charge is 0.352 e. The minimum atomic E-state index is -0.259. The maximum atomic E-state index is 12.1. The first-order valence-electron chi connectivity index (χ1n) is 7.82. The molecule has 0 aromatic carbocycles. The van der Waals surface area contributed by atoms with Crippen molar-refractivity contribution < 1.29 is 9.59 Å². The number of amides is 2. The van der Waals surface area contributed by atoms with Crippen molar-refractivity contribution in [2.45, 2.75) is 50.4 Å². The number of carbonyl (C=O) groups excluding carboxylic acids is 2. The summed E-state index contributed by atoms with van der Waals surface area (Å²) in [4.78, 5) is 36.8. The molecule has 0 radical (unpaired) electrons. The maximum Gasteiger partial charge on any atom is 0.343 e. The van der Waals surface area contributed by atoms with Gasteiger partial charge in [0, 0.05) is 19.6 Å². The molecule has 8 nitrogen and oxygen atoms in total. The Morgan fingerprint density at radius 2 is 2.22 bits per heavy atom. The quantitative estimate of drug-likeness (QED) is 0.625. The van der Waals surface area contributed by atoms with Gasteiger partial charge in [0.25, 0.3) is 0 Å². The third-order valence-electron chi connectivity index (χ3n) is 3.53. The molecule has 9 heteroatoms. The number of thioether (sulfide) groups is 1. The van der Waals surface area contributed by atoms with Crippen molar-refractivity contribution in [1.82, 2.24) is 25.0 Å². The number of likely N-dealkylation sites (N-methyl/N-ethyl adjacent to an activating group) is 1. The standard InChI is InChI=1S/C14H23N5O3S/c1-3-4-7-19-13(22)16-17-14(19)23-9-12(21)18(2)8-11(20)15-10-5-6-10/h10H,3-9H2,1-2H3,(H,15,20)(H,16,22). The Labute approximate surface area is 139 Å². The molecule has 1 aromatic heterocycles. The molecule has 1 saturated carbocycles. The Hall–Kier alpha value is -1.77. The molecule has 0 aliphatic heterocycles. The van der Waals surface area contributed by atoms with Crippen LogP contribution in [0.3, 0.4) is 0 Å². The van der Waals surface area contributed by atoms with Gasteiger partial charge in [-0.25, -0.2) is 9.89 Å². The predicted octanol–water partition coefficient (Wildman–Crippen LogP) is 0.201. The number of carbonyl (C=O) groups is 2. The molecule has 1 aliphatic rings. The number of H-pyrrole nitrogens is 1. The Balaban J connectivity index is 1.81. The fourth-order valence-corrected chi connectivity index (χ4v) is 2.88. The fraction of sp³-hybridized carbons (Fsp3) is 0.714. The van der Waals surface area contributed by atoms with Gasteiger partial charge in [0.1, 0.15) is 0 Å². The second-order valence-corrected chi connectivity index (χ2v) is 6.64. The van der Waals surface area contributed by atoms with Crippen LogP contribution < -0.4 is 11.0 Å². The molecule has 0 bridgehead atoms. The molecular weight excluding hydrogens is 318 g/mol. The summed E-state index contributed by atoms with van der Waals surface area (Å²) >= 11 is 1.21. The van der Waals surface area contributed by atoms with E-state index in [2.05, 4.69) is 15.5 Å². The average molecular weight is 341 g/mol. The van der Waals surface area contributed by atoms with Gasteiger partial charge in [-0.05, 0) is 19.3 Å². The summed E-state index contributed by atoms with van der Waals surface area (Å²) in [6.45, 7) is 2.68. The van der Waals surface area contributed by atoms with E-state index in [1.165, 1.54) is 16.7 Å². The minimum absolute atomic E-state index is 0.0547. The zero-order valence-electron chi connectivity index (χ0n) is 13.5. The highest BCUT2D eigenvalue weighted by Crippen LogP contribution is 2.18. The highest BCUT2D eigenvalue weighted by Gasteiger charge is 2.24. The van der Waals surface area contributed by atoms with Crippen molar-refractivity contribution in [2.24, 2.45) is 0 Å². The summed E-state index contributed by atoms with van der Waals surface area (Å²) in [7, 11) is 1.60. The molecule has 2 amide bonds. The molecule has 23 heavy (non-hydrogen) atoms. The topological polar surface area (TPSA) is 100 Å². The van der Waals surface area contributed by atoms with Gasteiger partial charge in [0.05, 0.1) is 12.3 Å². The molecule has 2 rings (SSSR count). The van der Waals surface area contributed by atoms with E-state index in [1.807, 2.05) is 6.92 Å². The van der Waals surface area contributed by atoms with E-state index in [-0.39, 0.29) is 35.8 Å².